The Bertz CT molecular complexity index is 713. The molecular weight excluding hydrogens is 266 g/mol. The first-order valence-corrected chi connectivity index (χ1v) is 6.93. The van der Waals surface area contributed by atoms with E-state index in [2.05, 4.69) is 4.90 Å². The standard InChI is InChI=1S/C16H17N3O2/c1-11-4-2-7-15(19(20)21)16(11)18-9-8-13-12(10-18)5-3-6-14(13)17/h2-7H,8-10,17H2,1H3. The number of nitrogens with zero attached hydrogens (tertiary/aromatic N) is 2. The number of nitrogen functional groups attached to an aromatic ring is 1. The average molecular weight is 283 g/mol. The molecule has 1 aliphatic heterocycles. The number of hydrogen-bond donors (Lipinski definition) is 1. The molecule has 0 saturated heterocycles. The van der Waals surface area contributed by atoms with Gasteiger partial charge in [-0.3, -0.25) is 10.1 Å². The number of para-hydroxylation sites is 1. The van der Waals surface area contributed by atoms with Gasteiger partial charge in [0, 0.05) is 24.8 Å². The molecule has 0 aromatic heterocycles. The van der Waals surface area contributed by atoms with Crippen molar-refractivity contribution in [2.24, 2.45) is 0 Å². The van der Waals surface area contributed by atoms with Crippen molar-refractivity contribution in [3.8, 4) is 0 Å². The summed E-state index contributed by atoms with van der Waals surface area (Å²) in [6, 6.07) is 11.1. The predicted molar refractivity (Wildman–Crippen MR) is 83.4 cm³/mol. The van der Waals surface area contributed by atoms with Gasteiger partial charge in [-0.05, 0) is 36.1 Å². The second kappa shape index (κ2) is 5.09. The van der Waals surface area contributed by atoms with Crippen LogP contribution in [0.4, 0.5) is 17.1 Å². The Morgan fingerprint density at radius 1 is 1.24 bits per heavy atom. The lowest BCUT2D eigenvalue weighted by molar-refractivity contribution is -0.384. The lowest BCUT2D eigenvalue weighted by Gasteiger charge is -2.32. The van der Waals surface area contributed by atoms with E-state index in [4.69, 9.17) is 5.73 Å². The second-order valence-corrected chi connectivity index (χ2v) is 5.36. The monoisotopic (exact) mass is 283 g/mol. The van der Waals surface area contributed by atoms with Gasteiger partial charge in [-0.1, -0.05) is 24.3 Å². The number of hydrogen-bond acceptors (Lipinski definition) is 4. The van der Waals surface area contributed by atoms with Crippen LogP contribution in [0.5, 0.6) is 0 Å². The van der Waals surface area contributed by atoms with E-state index in [0.29, 0.717) is 6.54 Å². The van der Waals surface area contributed by atoms with Crippen molar-refractivity contribution >= 4 is 17.1 Å². The third-order valence-corrected chi connectivity index (χ3v) is 4.03. The lowest BCUT2D eigenvalue weighted by Crippen LogP contribution is -2.31. The zero-order valence-corrected chi connectivity index (χ0v) is 11.9. The molecule has 21 heavy (non-hydrogen) atoms. The summed E-state index contributed by atoms with van der Waals surface area (Å²) < 4.78 is 0. The zero-order chi connectivity index (χ0) is 15.0. The second-order valence-electron chi connectivity index (χ2n) is 5.36. The Morgan fingerprint density at radius 3 is 2.76 bits per heavy atom. The lowest BCUT2D eigenvalue weighted by atomic mass is 9.97. The van der Waals surface area contributed by atoms with Gasteiger partial charge in [0.15, 0.2) is 0 Å². The Morgan fingerprint density at radius 2 is 2.00 bits per heavy atom. The van der Waals surface area contributed by atoms with E-state index < -0.39 is 0 Å². The Hall–Kier alpha value is -2.56. The van der Waals surface area contributed by atoms with Crippen LogP contribution in [0.3, 0.4) is 0 Å². The van der Waals surface area contributed by atoms with Crippen LogP contribution in [0.15, 0.2) is 36.4 Å². The molecule has 0 aliphatic carbocycles. The number of nitro groups is 1. The molecule has 0 bridgehead atoms. The van der Waals surface area contributed by atoms with Gasteiger partial charge >= 0.3 is 0 Å². The molecule has 0 amide bonds. The highest BCUT2D eigenvalue weighted by Crippen LogP contribution is 2.35. The van der Waals surface area contributed by atoms with Crippen LogP contribution in [0.2, 0.25) is 0 Å². The maximum absolute atomic E-state index is 11.3. The predicted octanol–water partition coefficient (Wildman–Crippen LogP) is 3.05. The van der Waals surface area contributed by atoms with Crippen LogP contribution in [0, 0.1) is 17.0 Å². The van der Waals surface area contributed by atoms with Gasteiger partial charge in [0.1, 0.15) is 5.69 Å². The first-order valence-electron chi connectivity index (χ1n) is 6.93. The van der Waals surface area contributed by atoms with Gasteiger partial charge in [-0.25, -0.2) is 0 Å². The fourth-order valence-corrected chi connectivity index (χ4v) is 3.03. The molecule has 1 heterocycles. The molecule has 0 fully saturated rings. The minimum absolute atomic E-state index is 0.169. The SMILES string of the molecule is Cc1cccc([N+](=O)[O-])c1N1CCc2c(N)cccc2C1. The van der Waals surface area contributed by atoms with Crippen LogP contribution in [-0.4, -0.2) is 11.5 Å². The van der Waals surface area contributed by atoms with Crippen molar-refractivity contribution in [1.29, 1.82) is 0 Å². The Balaban J connectivity index is 2.03. The molecular formula is C16H17N3O2. The van der Waals surface area contributed by atoms with Crippen molar-refractivity contribution in [2.45, 2.75) is 19.9 Å². The number of fused-ring (bicyclic) bond motifs is 1. The smallest absolute Gasteiger partial charge is 0.292 e. The van der Waals surface area contributed by atoms with E-state index in [1.54, 1.807) is 12.1 Å². The summed E-state index contributed by atoms with van der Waals surface area (Å²) in [6.07, 6.45) is 0.813. The molecule has 2 aromatic carbocycles. The molecule has 0 saturated carbocycles. The summed E-state index contributed by atoms with van der Waals surface area (Å²) in [5.41, 5.74) is 11.0. The summed E-state index contributed by atoms with van der Waals surface area (Å²) in [5, 5.41) is 11.3. The fraction of sp³-hybridized carbons (Fsp3) is 0.250. The van der Waals surface area contributed by atoms with Gasteiger partial charge in [-0.15, -0.1) is 0 Å². The van der Waals surface area contributed by atoms with Gasteiger partial charge in [0.25, 0.3) is 5.69 Å². The highest BCUT2D eigenvalue weighted by Gasteiger charge is 2.25. The largest absolute Gasteiger partial charge is 0.398 e. The third-order valence-electron chi connectivity index (χ3n) is 4.03. The van der Waals surface area contributed by atoms with E-state index in [9.17, 15) is 10.1 Å². The maximum atomic E-state index is 11.3. The first kappa shape index (κ1) is 13.4. The quantitative estimate of drug-likeness (QED) is 0.522. The zero-order valence-electron chi connectivity index (χ0n) is 11.9. The van der Waals surface area contributed by atoms with E-state index in [-0.39, 0.29) is 10.6 Å². The van der Waals surface area contributed by atoms with Crippen molar-refractivity contribution in [3.63, 3.8) is 0 Å². The van der Waals surface area contributed by atoms with Crippen molar-refractivity contribution in [1.82, 2.24) is 0 Å². The molecule has 2 aromatic rings. The molecule has 2 N–H and O–H groups in total. The number of nitrogens with two attached hydrogens (primary N) is 1. The van der Waals surface area contributed by atoms with Crippen LogP contribution in [0.25, 0.3) is 0 Å². The molecule has 3 rings (SSSR count). The average Bonchev–Trinajstić information content (AvgIpc) is 2.46. The van der Waals surface area contributed by atoms with Crippen LogP contribution in [-0.2, 0) is 13.0 Å². The summed E-state index contributed by atoms with van der Waals surface area (Å²) in [4.78, 5) is 13.0. The number of aryl methyl sites for hydroxylation is 1. The molecule has 5 heteroatoms. The molecule has 108 valence electrons. The summed E-state index contributed by atoms with van der Waals surface area (Å²) >= 11 is 0. The maximum Gasteiger partial charge on any atom is 0.292 e. The minimum Gasteiger partial charge on any atom is -0.398 e. The van der Waals surface area contributed by atoms with Crippen LogP contribution in [0.1, 0.15) is 16.7 Å². The Labute approximate surface area is 123 Å². The molecule has 0 spiro atoms. The van der Waals surface area contributed by atoms with E-state index in [1.165, 1.54) is 5.56 Å². The number of nitro benzene ring substituents is 1. The number of rotatable bonds is 2. The first-order chi connectivity index (χ1) is 10.1. The van der Waals surface area contributed by atoms with Crippen molar-refractivity contribution in [2.75, 3.05) is 17.2 Å². The topological polar surface area (TPSA) is 72.4 Å². The van der Waals surface area contributed by atoms with Crippen molar-refractivity contribution in [3.05, 3.63) is 63.2 Å². The molecule has 0 atom stereocenters. The highest BCUT2D eigenvalue weighted by atomic mass is 16.6. The number of benzene rings is 2. The highest BCUT2D eigenvalue weighted by molar-refractivity contribution is 5.69. The van der Waals surface area contributed by atoms with Crippen molar-refractivity contribution < 1.29 is 4.92 Å². The molecule has 1 aliphatic rings. The molecule has 0 unspecified atom stereocenters. The van der Waals surface area contributed by atoms with Gasteiger partial charge in [0.05, 0.1) is 4.92 Å². The van der Waals surface area contributed by atoms with Gasteiger partial charge in [-0.2, -0.15) is 0 Å². The van der Waals surface area contributed by atoms with Gasteiger partial charge in [0.2, 0.25) is 0 Å². The summed E-state index contributed by atoms with van der Waals surface area (Å²) in [5.74, 6) is 0. The molecule has 5 nitrogen and oxygen atoms in total. The fourth-order valence-electron chi connectivity index (χ4n) is 3.03. The van der Waals surface area contributed by atoms with Gasteiger partial charge < -0.3 is 10.6 Å². The summed E-state index contributed by atoms with van der Waals surface area (Å²) in [7, 11) is 0. The van der Waals surface area contributed by atoms with Crippen LogP contribution >= 0.6 is 0 Å². The third kappa shape index (κ3) is 2.31. The van der Waals surface area contributed by atoms with E-state index in [1.807, 2.05) is 31.2 Å². The van der Waals surface area contributed by atoms with E-state index >= 15 is 0 Å². The number of anilines is 2. The summed E-state index contributed by atoms with van der Waals surface area (Å²) in [6.45, 7) is 3.32. The Kier molecular flexibility index (Phi) is 3.25. The minimum atomic E-state index is -0.308. The normalized spacial score (nSPS) is 13.9. The van der Waals surface area contributed by atoms with E-state index in [0.717, 1.165) is 35.5 Å². The molecule has 0 radical (unpaired) electrons. The van der Waals surface area contributed by atoms with Crippen LogP contribution < -0.4 is 10.6 Å².